The number of H-pyrrole nitrogens is 1. The third-order valence-electron chi connectivity index (χ3n) is 2.41. The SMILES string of the molecule is CN(C)c1ccc(-c2cn[nH]c2N)cc1F. The molecule has 3 N–H and O–H groups in total. The molecule has 0 radical (unpaired) electrons. The van der Waals surface area contributed by atoms with Gasteiger partial charge in [0.05, 0.1) is 11.9 Å². The van der Waals surface area contributed by atoms with Gasteiger partial charge in [0.25, 0.3) is 0 Å². The van der Waals surface area contributed by atoms with Gasteiger partial charge in [-0.3, -0.25) is 5.10 Å². The number of hydrogen-bond donors (Lipinski definition) is 2. The molecule has 0 fully saturated rings. The lowest BCUT2D eigenvalue weighted by atomic mass is 10.1. The Balaban J connectivity index is 2.46. The van der Waals surface area contributed by atoms with Gasteiger partial charge in [0.2, 0.25) is 0 Å². The minimum absolute atomic E-state index is 0.275. The summed E-state index contributed by atoms with van der Waals surface area (Å²) in [6.07, 6.45) is 1.58. The summed E-state index contributed by atoms with van der Waals surface area (Å²) >= 11 is 0. The van der Waals surface area contributed by atoms with Crippen molar-refractivity contribution in [2.45, 2.75) is 0 Å². The van der Waals surface area contributed by atoms with Gasteiger partial charge < -0.3 is 10.6 Å². The molecule has 16 heavy (non-hydrogen) atoms. The number of anilines is 2. The van der Waals surface area contributed by atoms with Crippen LogP contribution in [-0.4, -0.2) is 24.3 Å². The van der Waals surface area contributed by atoms with Gasteiger partial charge in [-0.2, -0.15) is 5.10 Å². The predicted octanol–water partition coefficient (Wildman–Crippen LogP) is 1.86. The normalized spacial score (nSPS) is 10.4. The summed E-state index contributed by atoms with van der Waals surface area (Å²) in [5, 5.41) is 6.42. The molecule has 0 saturated carbocycles. The van der Waals surface area contributed by atoms with Crippen LogP contribution in [0, 0.1) is 5.82 Å². The van der Waals surface area contributed by atoms with Crippen LogP contribution >= 0.6 is 0 Å². The van der Waals surface area contributed by atoms with E-state index >= 15 is 0 Å². The summed E-state index contributed by atoms with van der Waals surface area (Å²) in [5.41, 5.74) is 7.65. The Morgan fingerprint density at radius 3 is 2.62 bits per heavy atom. The predicted molar refractivity (Wildman–Crippen MR) is 62.7 cm³/mol. The second kappa shape index (κ2) is 3.84. The summed E-state index contributed by atoms with van der Waals surface area (Å²) in [6, 6.07) is 4.99. The highest BCUT2D eigenvalue weighted by molar-refractivity contribution is 5.74. The van der Waals surface area contributed by atoms with Crippen molar-refractivity contribution in [3.63, 3.8) is 0 Å². The molecule has 4 nitrogen and oxygen atoms in total. The summed E-state index contributed by atoms with van der Waals surface area (Å²) in [7, 11) is 3.59. The van der Waals surface area contributed by atoms with E-state index in [9.17, 15) is 4.39 Å². The topological polar surface area (TPSA) is 57.9 Å². The molecule has 2 aromatic rings. The third kappa shape index (κ3) is 1.71. The van der Waals surface area contributed by atoms with Crippen LogP contribution in [0.1, 0.15) is 0 Å². The lowest BCUT2D eigenvalue weighted by molar-refractivity contribution is 0.626. The van der Waals surface area contributed by atoms with Gasteiger partial charge in [-0.15, -0.1) is 0 Å². The maximum atomic E-state index is 13.7. The largest absolute Gasteiger partial charge is 0.384 e. The Hall–Kier alpha value is -2.04. The van der Waals surface area contributed by atoms with E-state index in [0.29, 0.717) is 22.6 Å². The molecular formula is C11H13FN4. The number of nitrogens with two attached hydrogens (primary N) is 1. The van der Waals surface area contributed by atoms with E-state index < -0.39 is 0 Å². The number of hydrogen-bond acceptors (Lipinski definition) is 3. The molecule has 0 unspecified atom stereocenters. The van der Waals surface area contributed by atoms with Crippen LogP contribution in [0.5, 0.6) is 0 Å². The molecule has 0 saturated heterocycles. The molecular weight excluding hydrogens is 207 g/mol. The lowest BCUT2D eigenvalue weighted by Crippen LogP contribution is -2.10. The number of aromatic nitrogens is 2. The van der Waals surface area contributed by atoms with Crippen molar-refractivity contribution < 1.29 is 4.39 Å². The van der Waals surface area contributed by atoms with Crippen LogP contribution in [-0.2, 0) is 0 Å². The van der Waals surface area contributed by atoms with Crippen molar-refractivity contribution in [1.82, 2.24) is 10.2 Å². The van der Waals surface area contributed by atoms with E-state index in [-0.39, 0.29) is 5.82 Å². The highest BCUT2D eigenvalue weighted by atomic mass is 19.1. The Morgan fingerprint density at radius 2 is 2.12 bits per heavy atom. The minimum atomic E-state index is -0.275. The number of nitrogens with zero attached hydrogens (tertiary/aromatic N) is 2. The molecule has 0 aliphatic heterocycles. The number of rotatable bonds is 2. The lowest BCUT2D eigenvalue weighted by Gasteiger charge is -2.13. The van der Waals surface area contributed by atoms with Gasteiger partial charge >= 0.3 is 0 Å². The second-order valence-electron chi connectivity index (χ2n) is 3.76. The van der Waals surface area contributed by atoms with Crippen LogP contribution < -0.4 is 10.6 Å². The van der Waals surface area contributed by atoms with E-state index in [0.717, 1.165) is 0 Å². The summed E-state index contributed by atoms with van der Waals surface area (Å²) in [6.45, 7) is 0. The minimum Gasteiger partial charge on any atom is -0.384 e. The number of nitrogen functional groups attached to an aromatic ring is 1. The van der Waals surface area contributed by atoms with Crippen molar-refractivity contribution in [1.29, 1.82) is 0 Å². The Bertz CT molecular complexity index is 504. The average Bonchev–Trinajstić information content (AvgIpc) is 2.63. The third-order valence-corrected chi connectivity index (χ3v) is 2.41. The number of nitrogens with one attached hydrogen (secondary N) is 1. The maximum Gasteiger partial charge on any atom is 0.147 e. The summed E-state index contributed by atoms with van der Waals surface area (Å²) < 4.78 is 13.7. The molecule has 1 aromatic heterocycles. The van der Waals surface area contributed by atoms with E-state index in [1.165, 1.54) is 6.07 Å². The fraction of sp³-hybridized carbons (Fsp3) is 0.182. The highest BCUT2D eigenvalue weighted by Gasteiger charge is 2.09. The van der Waals surface area contributed by atoms with E-state index in [1.54, 1.807) is 31.3 Å². The smallest absolute Gasteiger partial charge is 0.147 e. The van der Waals surface area contributed by atoms with Crippen LogP contribution in [0.2, 0.25) is 0 Å². The maximum absolute atomic E-state index is 13.7. The number of halogens is 1. The van der Waals surface area contributed by atoms with Gasteiger partial charge in [-0.05, 0) is 17.7 Å². The van der Waals surface area contributed by atoms with Crippen LogP contribution in [0.4, 0.5) is 15.9 Å². The molecule has 0 bridgehead atoms. The first-order valence-corrected chi connectivity index (χ1v) is 4.85. The first-order chi connectivity index (χ1) is 7.59. The fourth-order valence-corrected chi connectivity index (χ4v) is 1.56. The number of aromatic amines is 1. The molecule has 0 aliphatic rings. The molecule has 2 rings (SSSR count). The van der Waals surface area contributed by atoms with Gasteiger partial charge in [-0.1, -0.05) is 6.07 Å². The van der Waals surface area contributed by atoms with Crippen LogP contribution in [0.15, 0.2) is 24.4 Å². The zero-order valence-electron chi connectivity index (χ0n) is 9.16. The molecule has 0 aliphatic carbocycles. The number of benzene rings is 1. The van der Waals surface area contributed by atoms with Crippen molar-refractivity contribution in [3.8, 4) is 11.1 Å². The zero-order chi connectivity index (χ0) is 11.7. The molecule has 0 atom stereocenters. The Morgan fingerprint density at radius 1 is 1.38 bits per heavy atom. The Labute approximate surface area is 92.9 Å². The van der Waals surface area contributed by atoms with E-state index in [2.05, 4.69) is 10.2 Å². The van der Waals surface area contributed by atoms with Crippen molar-refractivity contribution in [2.75, 3.05) is 24.7 Å². The van der Waals surface area contributed by atoms with Gasteiger partial charge in [-0.25, -0.2) is 4.39 Å². The van der Waals surface area contributed by atoms with Gasteiger partial charge in [0.1, 0.15) is 11.6 Å². The fourth-order valence-electron chi connectivity index (χ4n) is 1.56. The van der Waals surface area contributed by atoms with Gasteiger partial charge in [0.15, 0.2) is 0 Å². The monoisotopic (exact) mass is 220 g/mol. The molecule has 1 heterocycles. The summed E-state index contributed by atoms with van der Waals surface area (Å²) in [4.78, 5) is 1.72. The van der Waals surface area contributed by atoms with Crippen LogP contribution in [0.25, 0.3) is 11.1 Å². The molecule has 0 amide bonds. The Kier molecular flexibility index (Phi) is 2.52. The first-order valence-electron chi connectivity index (χ1n) is 4.85. The molecule has 5 heteroatoms. The van der Waals surface area contributed by atoms with Crippen LogP contribution in [0.3, 0.4) is 0 Å². The highest BCUT2D eigenvalue weighted by Crippen LogP contribution is 2.27. The molecule has 84 valence electrons. The average molecular weight is 220 g/mol. The van der Waals surface area contributed by atoms with Crippen molar-refractivity contribution >= 4 is 11.5 Å². The standard InChI is InChI=1S/C11H13FN4/c1-16(2)10-4-3-7(5-9(10)12)8-6-14-15-11(8)13/h3-6H,1-2H3,(H3,13,14,15). The van der Waals surface area contributed by atoms with E-state index in [1.807, 2.05) is 6.07 Å². The van der Waals surface area contributed by atoms with Crippen molar-refractivity contribution in [3.05, 3.63) is 30.2 Å². The first kappa shape index (κ1) is 10.5. The second-order valence-corrected chi connectivity index (χ2v) is 3.76. The molecule has 0 spiro atoms. The summed E-state index contributed by atoms with van der Waals surface area (Å²) in [5.74, 6) is 0.167. The van der Waals surface area contributed by atoms with Gasteiger partial charge in [0, 0.05) is 19.7 Å². The van der Waals surface area contributed by atoms with Crippen molar-refractivity contribution in [2.24, 2.45) is 0 Å². The molecule has 1 aromatic carbocycles. The van der Waals surface area contributed by atoms with E-state index in [4.69, 9.17) is 5.73 Å². The quantitative estimate of drug-likeness (QED) is 0.812. The zero-order valence-corrected chi connectivity index (χ0v) is 9.16.